The molecule has 2 rings (SSSR count). The van der Waals surface area contributed by atoms with Gasteiger partial charge in [0.25, 0.3) is 0 Å². The molecular formula is C13H18N2O2S. The lowest BCUT2D eigenvalue weighted by Crippen LogP contribution is -2.08. The largest absolute Gasteiger partial charge is 0.385 e. The number of hydrogen-bond acceptors (Lipinski definition) is 5. The van der Waals surface area contributed by atoms with E-state index in [2.05, 4.69) is 22.4 Å². The third-order valence-electron chi connectivity index (χ3n) is 2.56. The lowest BCUT2D eigenvalue weighted by molar-refractivity contribution is 0.0705. The van der Waals surface area contributed by atoms with Crippen molar-refractivity contribution in [2.75, 3.05) is 38.8 Å². The zero-order chi connectivity index (χ0) is 12.6. The van der Waals surface area contributed by atoms with Gasteiger partial charge in [-0.05, 0) is 24.6 Å². The summed E-state index contributed by atoms with van der Waals surface area (Å²) in [6, 6.07) is 6.25. The Morgan fingerprint density at radius 1 is 1.28 bits per heavy atom. The van der Waals surface area contributed by atoms with Crippen LogP contribution < -0.4 is 5.32 Å². The maximum Gasteiger partial charge on any atom is 0.0813 e. The first-order valence-electron chi connectivity index (χ1n) is 6.04. The van der Waals surface area contributed by atoms with E-state index in [0.717, 1.165) is 30.8 Å². The van der Waals surface area contributed by atoms with Gasteiger partial charge in [-0.25, -0.2) is 4.98 Å². The first-order chi connectivity index (χ1) is 8.90. The van der Waals surface area contributed by atoms with Crippen LogP contribution >= 0.6 is 11.3 Å². The number of nitrogens with zero attached hydrogens (tertiary/aromatic N) is 1. The summed E-state index contributed by atoms with van der Waals surface area (Å²) in [5.41, 5.74) is 4.08. The van der Waals surface area contributed by atoms with Crippen molar-refractivity contribution < 1.29 is 9.47 Å². The lowest BCUT2D eigenvalue weighted by atomic mass is 10.3. The predicted molar refractivity (Wildman–Crippen MR) is 75.4 cm³/mol. The molecule has 0 saturated carbocycles. The molecule has 18 heavy (non-hydrogen) atoms. The summed E-state index contributed by atoms with van der Waals surface area (Å²) in [7, 11) is 1.68. The molecule has 2 aromatic rings. The van der Waals surface area contributed by atoms with Gasteiger partial charge in [0.1, 0.15) is 0 Å². The fourth-order valence-electron chi connectivity index (χ4n) is 1.62. The average molecular weight is 266 g/mol. The topological polar surface area (TPSA) is 43.4 Å². The molecule has 0 amide bonds. The van der Waals surface area contributed by atoms with E-state index >= 15 is 0 Å². The fourth-order valence-corrected chi connectivity index (χ4v) is 2.33. The summed E-state index contributed by atoms with van der Waals surface area (Å²) in [4.78, 5) is 4.26. The highest BCUT2D eigenvalue weighted by molar-refractivity contribution is 7.16. The minimum Gasteiger partial charge on any atom is -0.385 e. The van der Waals surface area contributed by atoms with Gasteiger partial charge in [-0.3, -0.25) is 0 Å². The molecule has 4 nitrogen and oxygen atoms in total. The minimum atomic E-state index is 0.662. The maximum atomic E-state index is 5.40. The molecule has 0 aliphatic heterocycles. The molecule has 0 spiro atoms. The lowest BCUT2D eigenvalue weighted by Gasteiger charge is -2.07. The van der Waals surface area contributed by atoms with E-state index in [4.69, 9.17) is 9.47 Å². The Bertz CT molecular complexity index is 473. The molecule has 0 atom stereocenters. The monoisotopic (exact) mass is 266 g/mol. The Morgan fingerprint density at radius 3 is 3.11 bits per heavy atom. The van der Waals surface area contributed by atoms with Crippen molar-refractivity contribution in [1.82, 2.24) is 4.98 Å². The Morgan fingerprint density at radius 2 is 2.22 bits per heavy atom. The molecular weight excluding hydrogens is 248 g/mol. The van der Waals surface area contributed by atoms with E-state index in [1.807, 2.05) is 11.6 Å². The van der Waals surface area contributed by atoms with Gasteiger partial charge in [0.15, 0.2) is 0 Å². The van der Waals surface area contributed by atoms with E-state index in [1.54, 1.807) is 18.4 Å². The Balaban J connectivity index is 1.67. The van der Waals surface area contributed by atoms with Crippen LogP contribution in [0.3, 0.4) is 0 Å². The zero-order valence-electron chi connectivity index (χ0n) is 10.5. The number of fused-ring (bicyclic) bond motifs is 1. The highest BCUT2D eigenvalue weighted by atomic mass is 32.1. The third kappa shape index (κ3) is 3.94. The molecule has 0 saturated heterocycles. The van der Waals surface area contributed by atoms with Gasteiger partial charge < -0.3 is 14.8 Å². The molecule has 0 aliphatic carbocycles. The van der Waals surface area contributed by atoms with Crippen LogP contribution in [-0.2, 0) is 9.47 Å². The number of ether oxygens (including phenoxy) is 2. The molecule has 98 valence electrons. The maximum absolute atomic E-state index is 5.40. The molecule has 1 aromatic carbocycles. The number of thiazole rings is 1. The average Bonchev–Trinajstić information content (AvgIpc) is 2.85. The van der Waals surface area contributed by atoms with Crippen molar-refractivity contribution in [3.05, 3.63) is 23.7 Å². The van der Waals surface area contributed by atoms with Gasteiger partial charge in [-0.2, -0.15) is 0 Å². The normalized spacial score (nSPS) is 10.9. The van der Waals surface area contributed by atoms with E-state index < -0.39 is 0 Å². The highest BCUT2D eigenvalue weighted by Gasteiger charge is 1.98. The summed E-state index contributed by atoms with van der Waals surface area (Å²) in [5.74, 6) is 0. The summed E-state index contributed by atoms with van der Waals surface area (Å²) in [6.45, 7) is 3.01. The second kappa shape index (κ2) is 7.31. The fraction of sp³-hybridized carbons (Fsp3) is 0.462. The smallest absolute Gasteiger partial charge is 0.0813 e. The quantitative estimate of drug-likeness (QED) is 0.746. The van der Waals surface area contributed by atoms with Crippen LogP contribution in [-0.4, -0.2) is 38.5 Å². The van der Waals surface area contributed by atoms with E-state index in [1.165, 1.54) is 4.70 Å². The number of nitrogens with one attached hydrogen (secondary N) is 1. The minimum absolute atomic E-state index is 0.662. The van der Waals surface area contributed by atoms with Gasteiger partial charge >= 0.3 is 0 Å². The Labute approximate surface area is 111 Å². The van der Waals surface area contributed by atoms with Gasteiger partial charge in [0, 0.05) is 25.9 Å². The van der Waals surface area contributed by atoms with Crippen molar-refractivity contribution in [2.45, 2.75) is 6.42 Å². The molecule has 0 unspecified atom stereocenters. The molecule has 0 bridgehead atoms. The molecule has 1 heterocycles. The first kappa shape index (κ1) is 13.3. The summed E-state index contributed by atoms with van der Waals surface area (Å²) < 4.78 is 11.5. The number of benzene rings is 1. The number of hydrogen-bond donors (Lipinski definition) is 1. The molecule has 1 aromatic heterocycles. The van der Waals surface area contributed by atoms with Gasteiger partial charge in [0.2, 0.25) is 0 Å². The molecule has 1 N–H and O–H groups in total. The Hall–Kier alpha value is -1.17. The van der Waals surface area contributed by atoms with Crippen molar-refractivity contribution in [2.24, 2.45) is 0 Å². The standard InChI is InChI=1S/C13H18N2O2S/c1-16-7-8-17-6-2-5-14-11-3-4-12-13(9-11)18-10-15-12/h3-4,9-10,14H,2,5-8H2,1H3. The van der Waals surface area contributed by atoms with Crippen LogP contribution in [0.4, 0.5) is 5.69 Å². The van der Waals surface area contributed by atoms with Gasteiger partial charge in [0.05, 0.1) is 28.9 Å². The SMILES string of the molecule is COCCOCCCNc1ccc2ncsc2c1. The molecule has 0 fully saturated rings. The van der Waals surface area contributed by atoms with Crippen LogP contribution in [0, 0.1) is 0 Å². The second-order valence-corrected chi connectivity index (χ2v) is 4.81. The predicted octanol–water partition coefficient (Wildman–Crippen LogP) is 2.76. The molecule has 0 radical (unpaired) electrons. The number of aromatic nitrogens is 1. The van der Waals surface area contributed by atoms with Crippen molar-refractivity contribution in [1.29, 1.82) is 0 Å². The van der Waals surface area contributed by atoms with Crippen LogP contribution in [0.15, 0.2) is 23.7 Å². The highest BCUT2D eigenvalue weighted by Crippen LogP contribution is 2.21. The van der Waals surface area contributed by atoms with Crippen LogP contribution in [0.2, 0.25) is 0 Å². The molecule has 5 heteroatoms. The first-order valence-corrected chi connectivity index (χ1v) is 6.92. The van der Waals surface area contributed by atoms with Crippen molar-refractivity contribution >= 4 is 27.2 Å². The third-order valence-corrected chi connectivity index (χ3v) is 3.35. The van der Waals surface area contributed by atoms with Gasteiger partial charge in [-0.15, -0.1) is 11.3 Å². The van der Waals surface area contributed by atoms with E-state index in [9.17, 15) is 0 Å². The number of rotatable bonds is 8. The van der Waals surface area contributed by atoms with Crippen LogP contribution in [0.25, 0.3) is 10.2 Å². The number of anilines is 1. The molecule has 0 aliphatic rings. The van der Waals surface area contributed by atoms with Crippen molar-refractivity contribution in [3.8, 4) is 0 Å². The Kier molecular flexibility index (Phi) is 5.38. The summed E-state index contributed by atoms with van der Waals surface area (Å²) in [5, 5.41) is 3.39. The van der Waals surface area contributed by atoms with Crippen molar-refractivity contribution in [3.63, 3.8) is 0 Å². The van der Waals surface area contributed by atoms with E-state index in [0.29, 0.717) is 13.2 Å². The van der Waals surface area contributed by atoms with Crippen LogP contribution in [0.1, 0.15) is 6.42 Å². The summed E-state index contributed by atoms with van der Waals surface area (Å²) >= 11 is 1.66. The van der Waals surface area contributed by atoms with Gasteiger partial charge in [-0.1, -0.05) is 0 Å². The number of methoxy groups -OCH3 is 1. The summed E-state index contributed by atoms with van der Waals surface area (Å²) in [6.07, 6.45) is 0.991. The second-order valence-electron chi connectivity index (χ2n) is 3.92. The van der Waals surface area contributed by atoms with E-state index in [-0.39, 0.29) is 0 Å². The van der Waals surface area contributed by atoms with Crippen LogP contribution in [0.5, 0.6) is 0 Å². The zero-order valence-corrected chi connectivity index (χ0v) is 11.3.